The summed E-state index contributed by atoms with van der Waals surface area (Å²) in [7, 11) is 1.69. The van der Waals surface area contributed by atoms with E-state index in [0.29, 0.717) is 0 Å². The molecule has 28 heavy (non-hydrogen) atoms. The molecule has 1 heterocycles. The van der Waals surface area contributed by atoms with Gasteiger partial charge in [0.15, 0.2) is 0 Å². The Bertz CT molecular complexity index is 829. The Morgan fingerprint density at radius 3 is 2.68 bits per heavy atom. The van der Waals surface area contributed by atoms with E-state index >= 15 is 0 Å². The van der Waals surface area contributed by atoms with E-state index in [1.165, 1.54) is 31.2 Å². The molecule has 0 bridgehead atoms. The number of hydrogen-bond acceptors (Lipinski definition) is 3. The second kappa shape index (κ2) is 10.7. The summed E-state index contributed by atoms with van der Waals surface area (Å²) >= 11 is 0. The molecule has 0 aliphatic carbocycles. The lowest BCUT2D eigenvalue weighted by atomic mass is 10.1. The van der Waals surface area contributed by atoms with E-state index in [9.17, 15) is 0 Å². The molecule has 3 aromatic rings. The SMILES string of the molecule is CCCCCC[C@@H](NCc1ccccc1)c1nc(-c2cccc(OC)c2)c[nH]1. The lowest BCUT2D eigenvalue weighted by molar-refractivity contribution is 0.415. The maximum absolute atomic E-state index is 5.34. The Morgan fingerprint density at radius 2 is 1.89 bits per heavy atom. The number of hydrogen-bond donors (Lipinski definition) is 2. The molecule has 1 aromatic heterocycles. The van der Waals surface area contributed by atoms with Crippen LogP contribution in [0.1, 0.15) is 56.5 Å². The monoisotopic (exact) mass is 377 g/mol. The van der Waals surface area contributed by atoms with Crippen molar-refractivity contribution in [1.29, 1.82) is 0 Å². The number of rotatable bonds is 11. The second-order valence-electron chi connectivity index (χ2n) is 7.17. The Hall–Kier alpha value is -2.59. The van der Waals surface area contributed by atoms with E-state index in [2.05, 4.69) is 53.6 Å². The summed E-state index contributed by atoms with van der Waals surface area (Å²) in [5.41, 5.74) is 3.31. The molecule has 2 N–H and O–H groups in total. The summed E-state index contributed by atoms with van der Waals surface area (Å²) in [5, 5.41) is 3.70. The number of nitrogens with zero attached hydrogens (tertiary/aromatic N) is 1. The lowest BCUT2D eigenvalue weighted by Gasteiger charge is -2.17. The fraction of sp³-hybridized carbons (Fsp3) is 0.375. The van der Waals surface area contributed by atoms with Crippen molar-refractivity contribution in [3.63, 3.8) is 0 Å². The summed E-state index contributed by atoms with van der Waals surface area (Å²) < 4.78 is 5.34. The minimum Gasteiger partial charge on any atom is -0.497 e. The molecule has 0 aliphatic rings. The van der Waals surface area contributed by atoms with E-state index in [1.54, 1.807) is 7.11 Å². The number of imidazole rings is 1. The minimum absolute atomic E-state index is 0.219. The summed E-state index contributed by atoms with van der Waals surface area (Å²) in [6.45, 7) is 3.09. The molecule has 0 fully saturated rings. The molecule has 0 radical (unpaired) electrons. The van der Waals surface area contributed by atoms with Crippen LogP contribution in [0.5, 0.6) is 5.75 Å². The van der Waals surface area contributed by atoms with Crippen molar-refractivity contribution in [1.82, 2.24) is 15.3 Å². The third-order valence-corrected chi connectivity index (χ3v) is 5.04. The first-order valence-electron chi connectivity index (χ1n) is 10.3. The van der Waals surface area contributed by atoms with Gasteiger partial charge in [0.1, 0.15) is 11.6 Å². The van der Waals surface area contributed by atoms with Crippen LogP contribution < -0.4 is 10.1 Å². The van der Waals surface area contributed by atoms with E-state index in [1.807, 2.05) is 24.4 Å². The summed E-state index contributed by atoms with van der Waals surface area (Å²) in [4.78, 5) is 8.30. The fourth-order valence-electron chi connectivity index (χ4n) is 3.39. The molecule has 0 saturated heterocycles. The van der Waals surface area contributed by atoms with Gasteiger partial charge in [-0.1, -0.05) is 75.1 Å². The van der Waals surface area contributed by atoms with Crippen molar-refractivity contribution in [2.75, 3.05) is 7.11 Å². The lowest BCUT2D eigenvalue weighted by Crippen LogP contribution is -2.22. The molecule has 1 atom stereocenters. The van der Waals surface area contributed by atoms with Crippen LogP contribution in [0.4, 0.5) is 0 Å². The topological polar surface area (TPSA) is 49.9 Å². The van der Waals surface area contributed by atoms with Crippen molar-refractivity contribution in [3.8, 4) is 17.0 Å². The van der Waals surface area contributed by atoms with Crippen LogP contribution in [0.2, 0.25) is 0 Å². The van der Waals surface area contributed by atoms with E-state index < -0.39 is 0 Å². The van der Waals surface area contributed by atoms with Crippen LogP contribution in [-0.4, -0.2) is 17.1 Å². The Morgan fingerprint density at radius 1 is 1.04 bits per heavy atom. The van der Waals surface area contributed by atoms with Gasteiger partial charge in [0.25, 0.3) is 0 Å². The highest BCUT2D eigenvalue weighted by atomic mass is 16.5. The first-order valence-corrected chi connectivity index (χ1v) is 10.3. The number of methoxy groups -OCH3 is 1. The number of H-pyrrole nitrogens is 1. The third kappa shape index (κ3) is 5.70. The van der Waals surface area contributed by atoms with Gasteiger partial charge in [-0.05, 0) is 24.1 Å². The molecule has 0 unspecified atom stereocenters. The quantitative estimate of drug-likeness (QED) is 0.410. The first kappa shape index (κ1) is 20.2. The molecule has 0 spiro atoms. The zero-order valence-electron chi connectivity index (χ0n) is 16.9. The standard InChI is InChI=1S/C24H31N3O/c1-3-4-5-9-15-22(25-17-19-11-7-6-8-12-19)24-26-18-23(27-24)20-13-10-14-21(16-20)28-2/h6-8,10-14,16,18,22,25H,3-5,9,15,17H2,1-2H3,(H,26,27)/t22-/m1/s1. The van der Waals surface area contributed by atoms with Crippen molar-refractivity contribution in [3.05, 3.63) is 72.2 Å². The molecule has 0 amide bonds. The van der Waals surface area contributed by atoms with Crippen LogP contribution in [0.3, 0.4) is 0 Å². The van der Waals surface area contributed by atoms with Crippen molar-refractivity contribution >= 4 is 0 Å². The molecular formula is C24H31N3O. The zero-order chi connectivity index (χ0) is 19.6. The summed E-state index contributed by atoms with van der Waals surface area (Å²) in [6, 6.07) is 18.8. The predicted octanol–water partition coefficient (Wildman–Crippen LogP) is 5.89. The van der Waals surface area contributed by atoms with Crippen LogP contribution >= 0.6 is 0 Å². The van der Waals surface area contributed by atoms with E-state index in [4.69, 9.17) is 9.72 Å². The Kier molecular flexibility index (Phi) is 7.68. The highest BCUT2D eigenvalue weighted by molar-refractivity contribution is 5.60. The van der Waals surface area contributed by atoms with Crippen LogP contribution in [-0.2, 0) is 6.54 Å². The molecule has 0 saturated carbocycles. The number of unbranched alkanes of at least 4 members (excludes halogenated alkanes) is 3. The fourth-order valence-corrected chi connectivity index (χ4v) is 3.39. The largest absolute Gasteiger partial charge is 0.497 e. The third-order valence-electron chi connectivity index (χ3n) is 5.04. The number of aromatic nitrogens is 2. The van der Waals surface area contributed by atoms with Gasteiger partial charge >= 0.3 is 0 Å². The minimum atomic E-state index is 0.219. The van der Waals surface area contributed by atoms with Crippen LogP contribution in [0.25, 0.3) is 11.3 Å². The average molecular weight is 378 g/mol. The summed E-state index contributed by atoms with van der Waals surface area (Å²) in [6.07, 6.45) is 8.09. The molecule has 0 aliphatic heterocycles. The smallest absolute Gasteiger partial charge is 0.124 e. The number of aromatic amines is 1. The molecule has 3 rings (SSSR count). The van der Waals surface area contributed by atoms with Gasteiger partial charge in [-0.15, -0.1) is 0 Å². The molecule has 4 heteroatoms. The van der Waals surface area contributed by atoms with Gasteiger partial charge < -0.3 is 15.0 Å². The molecule has 4 nitrogen and oxygen atoms in total. The van der Waals surface area contributed by atoms with Gasteiger partial charge in [0, 0.05) is 18.3 Å². The van der Waals surface area contributed by atoms with Gasteiger partial charge in [-0.3, -0.25) is 0 Å². The van der Waals surface area contributed by atoms with Crippen molar-refractivity contribution in [2.45, 2.75) is 51.6 Å². The van der Waals surface area contributed by atoms with Crippen LogP contribution in [0, 0.1) is 0 Å². The maximum Gasteiger partial charge on any atom is 0.124 e. The maximum atomic E-state index is 5.34. The molecule has 2 aromatic carbocycles. The number of ether oxygens (including phenoxy) is 1. The molecular weight excluding hydrogens is 346 g/mol. The van der Waals surface area contributed by atoms with E-state index in [-0.39, 0.29) is 6.04 Å². The van der Waals surface area contributed by atoms with E-state index in [0.717, 1.165) is 35.8 Å². The van der Waals surface area contributed by atoms with Gasteiger partial charge in [0.2, 0.25) is 0 Å². The van der Waals surface area contributed by atoms with Crippen molar-refractivity contribution < 1.29 is 4.74 Å². The number of nitrogens with one attached hydrogen (secondary N) is 2. The average Bonchev–Trinajstić information content (AvgIpc) is 3.24. The first-order chi connectivity index (χ1) is 13.8. The van der Waals surface area contributed by atoms with Gasteiger partial charge in [0.05, 0.1) is 18.8 Å². The highest BCUT2D eigenvalue weighted by Gasteiger charge is 2.15. The normalized spacial score (nSPS) is 12.1. The zero-order valence-corrected chi connectivity index (χ0v) is 16.9. The van der Waals surface area contributed by atoms with Gasteiger partial charge in [-0.2, -0.15) is 0 Å². The predicted molar refractivity (Wildman–Crippen MR) is 115 cm³/mol. The molecule has 148 valence electrons. The van der Waals surface area contributed by atoms with Crippen LogP contribution in [0.15, 0.2) is 60.8 Å². The summed E-state index contributed by atoms with van der Waals surface area (Å²) in [5.74, 6) is 1.85. The Balaban J connectivity index is 1.72. The Labute approximate surface area is 168 Å². The second-order valence-corrected chi connectivity index (χ2v) is 7.17. The number of benzene rings is 2. The van der Waals surface area contributed by atoms with Gasteiger partial charge in [-0.25, -0.2) is 4.98 Å². The highest BCUT2D eigenvalue weighted by Crippen LogP contribution is 2.25. The van der Waals surface area contributed by atoms with Crippen molar-refractivity contribution in [2.24, 2.45) is 0 Å².